The van der Waals surface area contributed by atoms with E-state index < -0.39 is 0 Å². The molecule has 0 unspecified atom stereocenters. The van der Waals surface area contributed by atoms with Crippen molar-refractivity contribution in [2.75, 3.05) is 5.75 Å². The topological polar surface area (TPSA) is 52.5 Å². The fourth-order valence-corrected chi connectivity index (χ4v) is 2.12. The third-order valence-electron chi connectivity index (χ3n) is 1.87. The lowest BCUT2D eigenvalue weighted by molar-refractivity contribution is 1.07. The molecule has 0 saturated carbocycles. The predicted molar refractivity (Wildman–Crippen MR) is 62.1 cm³/mol. The van der Waals surface area contributed by atoms with Crippen LogP contribution in [-0.2, 0) is 0 Å². The molecule has 0 saturated heterocycles. The number of hydrogen-bond donors (Lipinski definition) is 1. The molecule has 5 heteroatoms. The molecule has 0 atom stereocenters. The zero-order valence-corrected chi connectivity index (χ0v) is 9.40. The van der Waals surface area contributed by atoms with E-state index in [-0.39, 0.29) is 0 Å². The van der Waals surface area contributed by atoms with E-state index in [1.807, 2.05) is 18.2 Å². The number of aromatic nitrogens is 2. The smallest absolute Gasteiger partial charge is 0.166 e. The molecule has 0 aliphatic carbocycles. The lowest BCUT2D eigenvalue weighted by atomic mass is 10.3. The number of nitriles is 1. The molecule has 1 heterocycles. The number of H-pyrrole nitrogens is 1. The standard InChI is InChI=1S/C10H8ClN3S/c11-7-2-3-8-9(6-7)14-10(13-8)15-5-1-4-12/h2-3,6H,1,5H2,(H,13,14). The van der Waals surface area contributed by atoms with Crippen LogP contribution in [0.2, 0.25) is 5.02 Å². The Bertz CT molecular complexity index is 515. The Kier molecular flexibility index (Phi) is 3.14. The van der Waals surface area contributed by atoms with Crippen molar-refractivity contribution >= 4 is 34.4 Å². The summed E-state index contributed by atoms with van der Waals surface area (Å²) in [4.78, 5) is 7.52. The van der Waals surface area contributed by atoms with E-state index in [9.17, 15) is 0 Å². The van der Waals surface area contributed by atoms with Crippen molar-refractivity contribution in [3.8, 4) is 6.07 Å². The summed E-state index contributed by atoms with van der Waals surface area (Å²) in [6, 6.07) is 7.63. The average molecular weight is 238 g/mol. The monoisotopic (exact) mass is 237 g/mol. The number of benzene rings is 1. The lowest BCUT2D eigenvalue weighted by Gasteiger charge is -1.89. The summed E-state index contributed by atoms with van der Waals surface area (Å²) in [5, 5.41) is 9.94. The summed E-state index contributed by atoms with van der Waals surface area (Å²) >= 11 is 7.40. The Hall–Kier alpha value is -1.18. The van der Waals surface area contributed by atoms with Crippen LogP contribution in [0.5, 0.6) is 0 Å². The Morgan fingerprint density at radius 3 is 3.20 bits per heavy atom. The number of thioether (sulfide) groups is 1. The van der Waals surface area contributed by atoms with E-state index in [4.69, 9.17) is 16.9 Å². The van der Waals surface area contributed by atoms with Crippen LogP contribution in [0.1, 0.15) is 6.42 Å². The summed E-state index contributed by atoms with van der Waals surface area (Å²) in [5.74, 6) is 0.754. The average Bonchev–Trinajstić information content (AvgIpc) is 2.60. The van der Waals surface area contributed by atoms with Crippen molar-refractivity contribution in [3.63, 3.8) is 0 Å². The van der Waals surface area contributed by atoms with Crippen molar-refractivity contribution < 1.29 is 0 Å². The summed E-state index contributed by atoms with van der Waals surface area (Å²) < 4.78 is 0. The van der Waals surface area contributed by atoms with Crippen molar-refractivity contribution in [3.05, 3.63) is 23.2 Å². The van der Waals surface area contributed by atoms with Crippen molar-refractivity contribution in [2.45, 2.75) is 11.6 Å². The van der Waals surface area contributed by atoms with Crippen LogP contribution in [-0.4, -0.2) is 15.7 Å². The molecule has 15 heavy (non-hydrogen) atoms. The third-order valence-corrected chi connectivity index (χ3v) is 2.98. The maximum absolute atomic E-state index is 8.41. The number of halogens is 1. The van der Waals surface area contributed by atoms with E-state index in [0.29, 0.717) is 11.4 Å². The van der Waals surface area contributed by atoms with Crippen LogP contribution in [0.15, 0.2) is 23.4 Å². The molecular weight excluding hydrogens is 230 g/mol. The van der Waals surface area contributed by atoms with E-state index >= 15 is 0 Å². The molecule has 76 valence electrons. The predicted octanol–water partition coefficient (Wildman–Crippen LogP) is 3.22. The molecule has 0 amide bonds. The van der Waals surface area contributed by atoms with Crippen molar-refractivity contribution in [1.29, 1.82) is 5.26 Å². The van der Waals surface area contributed by atoms with Gasteiger partial charge in [-0.2, -0.15) is 5.26 Å². The molecule has 1 aromatic carbocycles. The van der Waals surface area contributed by atoms with Gasteiger partial charge in [-0.05, 0) is 18.2 Å². The first kappa shape index (κ1) is 10.3. The largest absolute Gasteiger partial charge is 0.333 e. The number of nitrogens with zero attached hydrogens (tertiary/aromatic N) is 2. The Morgan fingerprint density at radius 1 is 1.53 bits per heavy atom. The number of hydrogen-bond acceptors (Lipinski definition) is 3. The highest BCUT2D eigenvalue weighted by atomic mass is 35.5. The van der Waals surface area contributed by atoms with E-state index in [0.717, 1.165) is 21.9 Å². The van der Waals surface area contributed by atoms with Crippen LogP contribution >= 0.6 is 23.4 Å². The second-order valence-electron chi connectivity index (χ2n) is 2.96. The molecule has 2 aromatic rings. The molecule has 1 N–H and O–H groups in total. The van der Waals surface area contributed by atoms with Crippen LogP contribution in [0.4, 0.5) is 0 Å². The second kappa shape index (κ2) is 4.56. The molecule has 0 bridgehead atoms. The number of rotatable bonds is 3. The van der Waals surface area contributed by atoms with Gasteiger partial charge in [0.05, 0.1) is 17.1 Å². The minimum absolute atomic E-state index is 0.530. The summed E-state index contributed by atoms with van der Waals surface area (Å²) in [7, 11) is 0. The van der Waals surface area contributed by atoms with E-state index in [1.54, 1.807) is 11.8 Å². The van der Waals surface area contributed by atoms with Crippen molar-refractivity contribution in [2.24, 2.45) is 0 Å². The number of aromatic amines is 1. The van der Waals surface area contributed by atoms with Crippen molar-refractivity contribution in [1.82, 2.24) is 9.97 Å². The van der Waals surface area contributed by atoms with Gasteiger partial charge in [-0.1, -0.05) is 23.4 Å². The quantitative estimate of drug-likeness (QED) is 0.659. The van der Waals surface area contributed by atoms with Gasteiger partial charge >= 0.3 is 0 Å². The van der Waals surface area contributed by atoms with Crippen LogP contribution < -0.4 is 0 Å². The first-order chi connectivity index (χ1) is 7.29. The number of imidazole rings is 1. The van der Waals surface area contributed by atoms with Gasteiger partial charge in [0.1, 0.15) is 0 Å². The van der Waals surface area contributed by atoms with Gasteiger partial charge in [-0.15, -0.1) is 0 Å². The maximum atomic E-state index is 8.41. The first-order valence-electron chi connectivity index (χ1n) is 4.44. The number of fused-ring (bicyclic) bond motifs is 1. The Balaban J connectivity index is 2.20. The highest BCUT2D eigenvalue weighted by molar-refractivity contribution is 7.99. The zero-order chi connectivity index (χ0) is 10.7. The molecule has 0 spiro atoms. The Labute approximate surface area is 96.5 Å². The van der Waals surface area contributed by atoms with Gasteiger partial charge in [0, 0.05) is 17.2 Å². The fourth-order valence-electron chi connectivity index (χ4n) is 1.22. The van der Waals surface area contributed by atoms with Gasteiger partial charge in [-0.25, -0.2) is 4.98 Å². The molecule has 0 aliphatic rings. The van der Waals surface area contributed by atoms with Gasteiger partial charge in [0.2, 0.25) is 0 Å². The van der Waals surface area contributed by atoms with E-state index in [2.05, 4.69) is 16.0 Å². The fraction of sp³-hybridized carbons (Fsp3) is 0.200. The van der Waals surface area contributed by atoms with Gasteiger partial charge in [0.25, 0.3) is 0 Å². The minimum atomic E-state index is 0.530. The molecular formula is C10H8ClN3S. The zero-order valence-electron chi connectivity index (χ0n) is 7.83. The Morgan fingerprint density at radius 2 is 2.40 bits per heavy atom. The third kappa shape index (κ3) is 2.44. The summed E-state index contributed by atoms with van der Waals surface area (Å²) in [5.41, 5.74) is 1.83. The second-order valence-corrected chi connectivity index (χ2v) is 4.48. The van der Waals surface area contributed by atoms with Crippen LogP contribution in [0.3, 0.4) is 0 Å². The normalized spacial score (nSPS) is 10.4. The van der Waals surface area contributed by atoms with Gasteiger partial charge in [0.15, 0.2) is 5.16 Å². The minimum Gasteiger partial charge on any atom is -0.333 e. The van der Waals surface area contributed by atoms with Gasteiger partial charge < -0.3 is 4.98 Å². The maximum Gasteiger partial charge on any atom is 0.166 e. The molecule has 0 fully saturated rings. The molecule has 1 aromatic heterocycles. The number of nitrogens with one attached hydrogen (secondary N) is 1. The molecule has 0 aliphatic heterocycles. The SMILES string of the molecule is N#CCCSc1nc2ccc(Cl)cc2[nH]1. The van der Waals surface area contributed by atoms with Crippen LogP contribution in [0, 0.1) is 11.3 Å². The molecule has 3 nitrogen and oxygen atoms in total. The lowest BCUT2D eigenvalue weighted by Crippen LogP contribution is -1.78. The molecule has 2 rings (SSSR count). The molecule has 0 radical (unpaired) electrons. The van der Waals surface area contributed by atoms with E-state index in [1.165, 1.54) is 0 Å². The van der Waals surface area contributed by atoms with Gasteiger partial charge in [-0.3, -0.25) is 0 Å². The first-order valence-corrected chi connectivity index (χ1v) is 5.81. The highest BCUT2D eigenvalue weighted by Gasteiger charge is 2.03. The summed E-state index contributed by atoms with van der Waals surface area (Å²) in [6.07, 6.45) is 0.530. The van der Waals surface area contributed by atoms with Crippen LogP contribution in [0.25, 0.3) is 11.0 Å². The highest BCUT2D eigenvalue weighted by Crippen LogP contribution is 2.22. The summed E-state index contributed by atoms with van der Waals surface area (Å²) in [6.45, 7) is 0.